The molecule has 4 aromatic rings. The van der Waals surface area contributed by atoms with E-state index in [4.69, 9.17) is 4.74 Å². The second-order valence-corrected chi connectivity index (χ2v) is 6.25. The number of hydrogen-bond acceptors (Lipinski definition) is 5. The van der Waals surface area contributed by atoms with Crippen LogP contribution in [0.1, 0.15) is 16.1 Å². The third kappa shape index (κ3) is 4.29. The molecule has 9 heteroatoms. The lowest BCUT2D eigenvalue weighted by molar-refractivity contribution is 0.102. The van der Waals surface area contributed by atoms with E-state index >= 15 is 0 Å². The molecule has 0 atom stereocenters. The van der Waals surface area contributed by atoms with Crippen molar-refractivity contribution in [3.8, 4) is 17.0 Å². The first-order chi connectivity index (χ1) is 14.1. The van der Waals surface area contributed by atoms with Gasteiger partial charge in [-0.1, -0.05) is 12.1 Å². The molecule has 0 saturated heterocycles. The Morgan fingerprint density at radius 2 is 2.03 bits per heavy atom. The summed E-state index contributed by atoms with van der Waals surface area (Å²) in [5.41, 5.74) is 2.49. The zero-order chi connectivity index (χ0) is 20.2. The average molecular weight is 392 g/mol. The predicted octanol–water partition coefficient (Wildman–Crippen LogP) is 3.12. The Morgan fingerprint density at radius 1 is 1.21 bits per heavy atom. The number of carbonyl (C=O) groups excluding carboxylic acids is 1. The molecule has 146 valence electrons. The Kier molecular flexibility index (Phi) is 5.02. The van der Waals surface area contributed by atoms with Crippen molar-refractivity contribution in [3.05, 3.63) is 78.0 Å². The van der Waals surface area contributed by atoms with Crippen LogP contribution in [-0.4, -0.2) is 38.0 Å². The first kappa shape index (κ1) is 18.4. The molecule has 2 heterocycles. The molecule has 0 aliphatic carbocycles. The number of amides is 1. The van der Waals surface area contributed by atoms with Gasteiger partial charge in [0.05, 0.1) is 19.3 Å². The fourth-order valence-electron chi connectivity index (χ4n) is 2.77. The summed E-state index contributed by atoms with van der Waals surface area (Å²) in [5.74, 6) is 0.151. The summed E-state index contributed by atoms with van der Waals surface area (Å²) in [6.07, 6.45) is 1.47. The highest BCUT2D eigenvalue weighted by molar-refractivity contribution is 6.02. The smallest absolute Gasteiger partial charge is 0.276 e. The van der Waals surface area contributed by atoms with Crippen LogP contribution in [0.4, 0.5) is 10.3 Å². The number of nitrogens with zero attached hydrogens (tertiary/aromatic N) is 4. The topological polar surface area (TPSA) is 97.7 Å². The van der Waals surface area contributed by atoms with Crippen molar-refractivity contribution in [1.29, 1.82) is 0 Å². The van der Waals surface area contributed by atoms with Gasteiger partial charge in [0.2, 0.25) is 5.95 Å². The number of aromatic amines is 1. The molecule has 8 nitrogen and oxygen atoms in total. The van der Waals surface area contributed by atoms with Crippen LogP contribution in [0.15, 0.2) is 60.9 Å². The molecule has 2 aromatic carbocycles. The highest BCUT2D eigenvalue weighted by Gasteiger charge is 2.13. The van der Waals surface area contributed by atoms with Crippen LogP contribution in [0.2, 0.25) is 0 Å². The highest BCUT2D eigenvalue weighted by atomic mass is 19.1. The van der Waals surface area contributed by atoms with Gasteiger partial charge < -0.3 is 4.74 Å². The Hall–Kier alpha value is -4.01. The zero-order valence-electron chi connectivity index (χ0n) is 15.5. The van der Waals surface area contributed by atoms with Gasteiger partial charge >= 0.3 is 0 Å². The number of benzene rings is 2. The number of halogens is 1. The molecule has 1 amide bonds. The van der Waals surface area contributed by atoms with Gasteiger partial charge in [0.1, 0.15) is 23.6 Å². The molecule has 0 spiro atoms. The first-order valence-corrected chi connectivity index (χ1v) is 8.76. The molecule has 0 aliphatic rings. The Labute approximate surface area is 165 Å². The number of aromatic nitrogens is 5. The molecular weight excluding hydrogens is 375 g/mol. The maximum atomic E-state index is 13.3. The van der Waals surface area contributed by atoms with Gasteiger partial charge in [-0.15, -0.1) is 5.10 Å². The number of rotatable bonds is 6. The van der Waals surface area contributed by atoms with E-state index in [1.165, 1.54) is 23.1 Å². The van der Waals surface area contributed by atoms with E-state index in [2.05, 4.69) is 25.6 Å². The van der Waals surface area contributed by atoms with Crippen molar-refractivity contribution in [2.24, 2.45) is 0 Å². The van der Waals surface area contributed by atoms with Crippen molar-refractivity contribution in [3.63, 3.8) is 0 Å². The van der Waals surface area contributed by atoms with Crippen molar-refractivity contribution >= 4 is 11.9 Å². The van der Waals surface area contributed by atoms with Crippen molar-refractivity contribution in [2.75, 3.05) is 12.4 Å². The molecule has 0 radical (unpaired) electrons. The van der Waals surface area contributed by atoms with Gasteiger partial charge in [-0.2, -0.15) is 5.10 Å². The Bertz CT molecular complexity index is 1140. The quantitative estimate of drug-likeness (QED) is 0.525. The molecule has 0 aliphatic heterocycles. The van der Waals surface area contributed by atoms with Crippen molar-refractivity contribution in [2.45, 2.75) is 6.54 Å². The van der Waals surface area contributed by atoms with Gasteiger partial charge in [-0.05, 0) is 48.0 Å². The first-order valence-electron chi connectivity index (χ1n) is 8.76. The standard InChI is InChI=1S/C20H17FN6O2/c1-29-16-7-5-14(6-8-16)17-10-18(25-24-17)19(28)23-20-22-12-27(26-20)11-13-3-2-4-15(21)9-13/h2-10,12H,11H2,1H3,(H,24,25)(H,23,26,28). The lowest BCUT2D eigenvalue weighted by Gasteiger charge is -2.01. The number of carbonyl (C=O) groups is 1. The molecule has 0 unspecified atom stereocenters. The molecule has 2 N–H and O–H groups in total. The molecular formula is C20H17FN6O2. The Balaban J connectivity index is 1.42. The fourth-order valence-corrected chi connectivity index (χ4v) is 2.77. The van der Waals surface area contributed by atoms with Gasteiger partial charge in [-0.3, -0.25) is 15.2 Å². The number of methoxy groups -OCH3 is 1. The summed E-state index contributed by atoms with van der Waals surface area (Å²) in [4.78, 5) is 16.5. The van der Waals surface area contributed by atoms with Crippen LogP contribution in [0.5, 0.6) is 5.75 Å². The third-order valence-corrected chi connectivity index (χ3v) is 4.20. The summed E-state index contributed by atoms with van der Waals surface area (Å²) < 4.78 is 19.9. The molecule has 4 rings (SSSR count). The van der Waals surface area contributed by atoms with Crippen LogP contribution < -0.4 is 10.1 Å². The average Bonchev–Trinajstić information content (AvgIpc) is 3.38. The van der Waals surface area contributed by atoms with Crippen LogP contribution in [0.3, 0.4) is 0 Å². The van der Waals surface area contributed by atoms with Gasteiger partial charge in [-0.25, -0.2) is 14.1 Å². The fraction of sp³-hybridized carbons (Fsp3) is 0.100. The zero-order valence-corrected chi connectivity index (χ0v) is 15.5. The van der Waals surface area contributed by atoms with Gasteiger partial charge in [0.25, 0.3) is 5.91 Å². The van der Waals surface area contributed by atoms with Crippen LogP contribution >= 0.6 is 0 Å². The summed E-state index contributed by atoms with van der Waals surface area (Å²) in [6, 6.07) is 15.2. The lowest BCUT2D eigenvalue weighted by atomic mass is 10.1. The number of anilines is 1. The maximum absolute atomic E-state index is 13.3. The van der Waals surface area contributed by atoms with E-state index in [1.807, 2.05) is 24.3 Å². The highest BCUT2D eigenvalue weighted by Crippen LogP contribution is 2.21. The minimum Gasteiger partial charge on any atom is -0.497 e. The summed E-state index contributed by atoms with van der Waals surface area (Å²) in [6.45, 7) is 0.340. The van der Waals surface area contributed by atoms with Gasteiger partial charge in [0, 0.05) is 5.56 Å². The van der Waals surface area contributed by atoms with Gasteiger partial charge in [0.15, 0.2) is 0 Å². The van der Waals surface area contributed by atoms with Crippen LogP contribution in [-0.2, 0) is 6.54 Å². The van der Waals surface area contributed by atoms with Crippen LogP contribution in [0, 0.1) is 5.82 Å². The maximum Gasteiger partial charge on any atom is 0.276 e. The monoisotopic (exact) mass is 392 g/mol. The number of hydrogen-bond donors (Lipinski definition) is 2. The van der Waals surface area contributed by atoms with E-state index in [9.17, 15) is 9.18 Å². The molecule has 2 aromatic heterocycles. The number of nitrogens with one attached hydrogen (secondary N) is 2. The summed E-state index contributed by atoms with van der Waals surface area (Å²) in [7, 11) is 1.60. The minimum atomic E-state index is -0.416. The van der Waals surface area contributed by atoms with E-state index in [0.29, 0.717) is 12.2 Å². The van der Waals surface area contributed by atoms with E-state index in [0.717, 1.165) is 16.9 Å². The predicted molar refractivity (Wildman–Crippen MR) is 104 cm³/mol. The summed E-state index contributed by atoms with van der Waals surface area (Å²) >= 11 is 0. The Morgan fingerprint density at radius 3 is 2.79 bits per heavy atom. The van der Waals surface area contributed by atoms with E-state index in [-0.39, 0.29) is 17.5 Å². The number of H-pyrrole nitrogens is 1. The van der Waals surface area contributed by atoms with Crippen molar-refractivity contribution < 1.29 is 13.9 Å². The third-order valence-electron chi connectivity index (χ3n) is 4.20. The molecule has 29 heavy (non-hydrogen) atoms. The molecule has 0 saturated carbocycles. The van der Waals surface area contributed by atoms with Crippen molar-refractivity contribution in [1.82, 2.24) is 25.0 Å². The largest absolute Gasteiger partial charge is 0.497 e. The second kappa shape index (κ2) is 7.93. The molecule has 0 bridgehead atoms. The van der Waals surface area contributed by atoms with Crippen LogP contribution in [0.25, 0.3) is 11.3 Å². The molecule has 0 fully saturated rings. The van der Waals surface area contributed by atoms with E-state index in [1.54, 1.807) is 25.3 Å². The second-order valence-electron chi connectivity index (χ2n) is 6.25. The summed E-state index contributed by atoms with van der Waals surface area (Å²) in [5, 5.41) is 13.7. The number of ether oxygens (including phenoxy) is 1. The lowest BCUT2D eigenvalue weighted by Crippen LogP contribution is -2.14. The SMILES string of the molecule is COc1ccc(-c2cc(C(=O)Nc3ncn(Cc4cccc(F)c4)n3)[nH]n2)cc1. The van der Waals surface area contributed by atoms with E-state index < -0.39 is 5.91 Å². The minimum absolute atomic E-state index is 0.145. The normalized spacial score (nSPS) is 10.7.